The molecule has 1 saturated carbocycles. The number of thiophene rings is 1. The van der Waals surface area contributed by atoms with Gasteiger partial charge in [0.1, 0.15) is 4.88 Å². The van der Waals surface area contributed by atoms with Crippen molar-refractivity contribution in [3.05, 3.63) is 21.9 Å². The number of aromatic carboxylic acids is 1. The fourth-order valence-corrected chi connectivity index (χ4v) is 3.43. The molecule has 2 heterocycles. The molecule has 6 heteroatoms. The molecular weight excluding hydrogens is 266 g/mol. The van der Waals surface area contributed by atoms with Gasteiger partial charge in [0.15, 0.2) is 0 Å². The fraction of sp³-hybridized carbons (Fsp3) is 0.538. The minimum absolute atomic E-state index is 0.0768. The van der Waals surface area contributed by atoms with E-state index in [2.05, 4.69) is 0 Å². The quantitative estimate of drug-likeness (QED) is 0.898. The van der Waals surface area contributed by atoms with Gasteiger partial charge in [-0.2, -0.15) is 0 Å². The van der Waals surface area contributed by atoms with Gasteiger partial charge in [-0.05, 0) is 31.4 Å². The Hall–Kier alpha value is -1.40. The summed E-state index contributed by atoms with van der Waals surface area (Å²) in [5.41, 5.74) is -0.124. The Bertz CT molecular complexity index is 520. The highest BCUT2D eigenvalue weighted by molar-refractivity contribution is 7.15. The van der Waals surface area contributed by atoms with Crippen LogP contribution in [0.15, 0.2) is 12.1 Å². The lowest BCUT2D eigenvalue weighted by Gasteiger charge is -2.48. The monoisotopic (exact) mass is 281 g/mol. The minimum Gasteiger partial charge on any atom is -0.477 e. The van der Waals surface area contributed by atoms with E-state index in [9.17, 15) is 9.59 Å². The first-order valence-corrected chi connectivity index (χ1v) is 7.18. The van der Waals surface area contributed by atoms with E-state index in [0.717, 1.165) is 30.6 Å². The minimum atomic E-state index is -0.985. The average molecular weight is 281 g/mol. The molecule has 5 nitrogen and oxygen atoms in total. The summed E-state index contributed by atoms with van der Waals surface area (Å²) in [6, 6.07) is 3.08. The van der Waals surface area contributed by atoms with Crippen molar-refractivity contribution in [1.82, 2.24) is 4.90 Å². The standard InChI is InChI=1S/C13H15NO4S/c15-11(9-2-3-10(19-9)12(16)17)14-6-7-18-13(8-14)4-1-5-13/h2-3H,1,4-8H2,(H,16,17). The Kier molecular flexibility index (Phi) is 3.06. The van der Waals surface area contributed by atoms with E-state index in [1.54, 1.807) is 11.0 Å². The largest absolute Gasteiger partial charge is 0.477 e. The fourth-order valence-electron chi connectivity index (χ4n) is 2.62. The van der Waals surface area contributed by atoms with Crippen molar-refractivity contribution >= 4 is 23.2 Å². The van der Waals surface area contributed by atoms with Crippen LogP contribution in [0.25, 0.3) is 0 Å². The van der Waals surface area contributed by atoms with Crippen LogP contribution < -0.4 is 0 Å². The van der Waals surface area contributed by atoms with E-state index in [-0.39, 0.29) is 16.4 Å². The topological polar surface area (TPSA) is 66.8 Å². The van der Waals surface area contributed by atoms with Gasteiger partial charge in [0.25, 0.3) is 5.91 Å². The number of carboxylic acid groups (broad SMARTS) is 1. The number of ether oxygens (including phenoxy) is 1. The molecule has 0 aromatic carbocycles. The van der Waals surface area contributed by atoms with Crippen molar-refractivity contribution in [2.45, 2.75) is 24.9 Å². The lowest BCUT2D eigenvalue weighted by atomic mass is 9.79. The second kappa shape index (κ2) is 4.61. The van der Waals surface area contributed by atoms with Gasteiger partial charge >= 0.3 is 5.97 Å². The molecule has 1 aromatic rings. The van der Waals surface area contributed by atoms with Crippen molar-refractivity contribution < 1.29 is 19.4 Å². The first-order valence-electron chi connectivity index (χ1n) is 6.36. The zero-order chi connectivity index (χ0) is 13.5. The Balaban J connectivity index is 1.73. The SMILES string of the molecule is O=C(O)c1ccc(C(=O)N2CCOC3(CCC3)C2)s1. The van der Waals surface area contributed by atoms with Gasteiger partial charge in [-0.1, -0.05) is 0 Å². The highest BCUT2D eigenvalue weighted by Crippen LogP contribution is 2.38. The maximum absolute atomic E-state index is 12.4. The smallest absolute Gasteiger partial charge is 0.345 e. The zero-order valence-electron chi connectivity index (χ0n) is 10.4. The first kappa shape index (κ1) is 12.6. The van der Waals surface area contributed by atoms with Gasteiger partial charge in [-0.15, -0.1) is 11.3 Å². The second-order valence-corrected chi connectivity index (χ2v) is 6.16. The normalized spacial score (nSPS) is 21.2. The van der Waals surface area contributed by atoms with E-state index in [1.165, 1.54) is 6.07 Å². The van der Waals surface area contributed by atoms with E-state index < -0.39 is 5.97 Å². The van der Waals surface area contributed by atoms with Crippen LogP contribution in [0.4, 0.5) is 0 Å². The summed E-state index contributed by atoms with van der Waals surface area (Å²) in [5.74, 6) is -1.06. The maximum atomic E-state index is 12.4. The van der Waals surface area contributed by atoms with E-state index >= 15 is 0 Å². The van der Waals surface area contributed by atoms with Crippen molar-refractivity contribution in [1.29, 1.82) is 0 Å². The number of morpholine rings is 1. The number of carbonyl (C=O) groups excluding carboxylic acids is 1. The number of amides is 1. The number of nitrogens with zero attached hydrogens (tertiary/aromatic N) is 1. The number of hydrogen-bond donors (Lipinski definition) is 1. The Morgan fingerprint density at radius 3 is 2.63 bits per heavy atom. The molecule has 0 radical (unpaired) electrons. The van der Waals surface area contributed by atoms with Crippen LogP contribution >= 0.6 is 11.3 Å². The number of carboxylic acids is 1. The summed E-state index contributed by atoms with van der Waals surface area (Å²) < 4.78 is 5.78. The third kappa shape index (κ3) is 2.26. The van der Waals surface area contributed by atoms with Crippen molar-refractivity contribution in [3.8, 4) is 0 Å². The molecule has 1 amide bonds. The molecule has 1 spiro atoms. The van der Waals surface area contributed by atoms with Crippen molar-refractivity contribution in [3.63, 3.8) is 0 Å². The predicted octanol–water partition coefficient (Wildman–Crippen LogP) is 1.84. The lowest BCUT2D eigenvalue weighted by molar-refractivity contribution is -0.142. The van der Waals surface area contributed by atoms with Gasteiger partial charge in [0.2, 0.25) is 0 Å². The number of rotatable bonds is 2. The molecule has 0 atom stereocenters. The molecule has 102 valence electrons. The molecule has 1 aromatic heterocycles. The summed E-state index contributed by atoms with van der Waals surface area (Å²) in [5, 5.41) is 8.89. The highest BCUT2D eigenvalue weighted by atomic mass is 32.1. The third-order valence-electron chi connectivity index (χ3n) is 3.83. The molecule has 1 aliphatic heterocycles. The van der Waals surface area contributed by atoms with Gasteiger partial charge < -0.3 is 14.7 Å². The second-order valence-electron chi connectivity index (χ2n) is 5.08. The van der Waals surface area contributed by atoms with Crippen molar-refractivity contribution in [2.75, 3.05) is 19.7 Å². The van der Waals surface area contributed by atoms with E-state index in [4.69, 9.17) is 9.84 Å². The van der Waals surface area contributed by atoms with Crippen LogP contribution in [0.5, 0.6) is 0 Å². The van der Waals surface area contributed by atoms with Gasteiger partial charge in [0, 0.05) is 6.54 Å². The van der Waals surface area contributed by atoms with Crippen LogP contribution in [-0.2, 0) is 4.74 Å². The molecule has 2 aliphatic rings. The van der Waals surface area contributed by atoms with E-state index in [1.807, 2.05) is 0 Å². The molecule has 0 bridgehead atoms. The summed E-state index contributed by atoms with van der Waals surface area (Å²) in [6.07, 6.45) is 3.19. The molecule has 1 saturated heterocycles. The lowest BCUT2D eigenvalue weighted by Crippen LogP contribution is -2.56. The molecular formula is C13H15NO4S. The Morgan fingerprint density at radius 1 is 1.32 bits per heavy atom. The Labute approximate surface area is 114 Å². The molecule has 1 aliphatic carbocycles. The average Bonchev–Trinajstić information content (AvgIpc) is 2.86. The summed E-state index contributed by atoms with van der Waals surface area (Å²) in [4.78, 5) is 25.7. The summed E-state index contributed by atoms with van der Waals surface area (Å²) >= 11 is 1.04. The maximum Gasteiger partial charge on any atom is 0.345 e. The predicted molar refractivity (Wildman–Crippen MR) is 69.7 cm³/mol. The molecule has 2 fully saturated rings. The first-order chi connectivity index (χ1) is 9.10. The molecule has 19 heavy (non-hydrogen) atoms. The molecule has 1 N–H and O–H groups in total. The third-order valence-corrected chi connectivity index (χ3v) is 4.89. The number of carbonyl (C=O) groups is 2. The van der Waals surface area contributed by atoms with Gasteiger partial charge in [-0.3, -0.25) is 4.79 Å². The summed E-state index contributed by atoms with van der Waals surface area (Å²) in [7, 11) is 0. The van der Waals surface area contributed by atoms with Gasteiger partial charge in [0.05, 0.1) is 23.6 Å². The van der Waals surface area contributed by atoms with Crippen LogP contribution in [0, 0.1) is 0 Å². The van der Waals surface area contributed by atoms with Crippen LogP contribution in [0.1, 0.15) is 38.6 Å². The van der Waals surface area contributed by atoms with Crippen LogP contribution in [0.3, 0.4) is 0 Å². The summed E-state index contributed by atoms with van der Waals surface area (Å²) in [6.45, 7) is 1.79. The van der Waals surface area contributed by atoms with Gasteiger partial charge in [-0.25, -0.2) is 4.79 Å². The number of hydrogen-bond acceptors (Lipinski definition) is 4. The highest BCUT2D eigenvalue weighted by Gasteiger charge is 2.43. The molecule has 3 rings (SSSR count). The van der Waals surface area contributed by atoms with Crippen LogP contribution in [0.2, 0.25) is 0 Å². The molecule has 0 unspecified atom stereocenters. The zero-order valence-corrected chi connectivity index (χ0v) is 11.2. The Morgan fingerprint density at radius 2 is 2.05 bits per heavy atom. The van der Waals surface area contributed by atoms with E-state index in [0.29, 0.717) is 24.6 Å². The van der Waals surface area contributed by atoms with Crippen LogP contribution in [-0.4, -0.2) is 47.2 Å². The van der Waals surface area contributed by atoms with Crippen molar-refractivity contribution in [2.24, 2.45) is 0 Å².